The van der Waals surface area contributed by atoms with Crippen LogP contribution in [0.15, 0.2) is 18.2 Å². The molecule has 2 atom stereocenters. The summed E-state index contributed by atoms with van der Waals surface area (Å²) in [5, 5.41) is 14.0. The van der Waals surface area contributed by atoms with Gasteiger partial charge in [-0.3, -0.25) is 0 Å². The van der Waals surface area contributed by atoms with Crippen molar-refractivity contribution in [1.29, 1.82) is 0 Å². The molecular formula is C16H23NO. The summed E-state index contributed by atoms with van der Waals surface area (Å²) in [5.41, 5.74) is 3.85. The molecule has 1 aromatic carbocycles. The highest BCUT2D eigenvalue weighted by Crippen LogP contribution is 2.35. The number of aliphatic hydroxyl groups is 1. The van der Waals surface area contributed by atoms with Crippen molar-refractivity contribution < 1.29 is 5.11 Å². The number of hydrogen-bond acceptors (Lipinski definition) is 2. The van der Waals surface area contributed by atoms with E-state index >= 15 is 0 Å². The Labute approximate surface area is 109 Å². The Bertz CT molecular complexity index is 423. The topological polar surface area (TPSA) is 32.3 Å². The first-order chi connectivity index (χ1) is 8.75. The van der Waals surface area contributed by atoms with E-state index in [9.17, 15) is 5.11 Å². The third-order valence-corrected chi connectivity index (χ3v) is 4.67. The summed E-state index contributed by atoms with van der Waals surface area (Å²) >= 11 is 0. The van der Waals surface area contributed by atoms with Gasteiger partial charge >= 0.3 is 0 Å². The average molecular weight is 245 g/mol. The van der Waals surface area contributed by atoms with Crippen LogP contribution in [0.1, 0.15) is 43.2 Å². The van der Waals surface area contributed by atoms with Gasteiger partial charge < -0.3 is 10.4 Å². The molecule has 1 heterocycles. The molecular weight excluding hydrogens is 222 g/mol. The van der Waals surface area contributed by atoms with Crippen molar-refractivity contribution in [3.05, 3.63) is 29.3 Å². The molecule has 0 bridgehead atoms. The summed E-state index contributed by atoms with van der Waals surface area (Å²) in [6.07, 6.45) is 7.17. The van der Waals surface area contributed by atoms with Crippen LogP contribution in [0.3, 0.4) is 0 Å². The molecule has 1 aliphatic heterocycles. The molecule has 1 aliphatic carbocycles. The van der Waals surface area contributed by atoms with Gasteiger partial charge in [0, 0.05) is 12.1 Å². The van der Waals surface area contributed by atoms with Crippen molar-refractivity contribution in [2.45, 2.75) is 57.6 Å². The number of nitrogens with one attached hydrogen (secondary N) is 1. The fourth-order valence-electron chi connectivity index (χ4n) is 3.65. The van der Waals surface area contributed by atoms with Crippen LogP contribution < -0.4 is 5.32 Å². The summed E-state index contributed by atoms with van der Waals surface area (Å²) < 4.78 is 0. The quantitative estimate of drug-likeness (QED) is 0.796. The van der Waals surface area contributed by atoms with E-state index in [1.807, 2.05) is 0 Å². The van der Waals surface area contributed by atoms with E-state index in [2.05, 4.69) is 30.4 Å². The summed E-state index contributed by atoms with van der Waals surface area (Å²) in [4.78, 5) is 0. The highest BCUT2D eigenvalue weighted by atomic mass is 16.3. The molecule has 1 saturated carbocycles. The number of anilines is 1. The predicted octanol–water partition coefficient (Wildman–Crippen LogP) is 3.27. The fourth-order valence-corrected chi connectivity index (χ4v) is 3.65. The molecule has 0 radical (unpaired) electrons. The maximum Gasteiger partial charge on any atom is 0.0784 e. The van der Waals surface area contributed by atoms with E-state index in [4.69, 9.17) is 0 Å². The van der Waals surface area contributed by atoms with Gasteiger partial charge in [-0.05, 0) is 36.8 Å². The lowest BCUT2D eigenvalue weighted by Crippen LogP contribution is -2.45. The minimum atomic E-state index is -0.220. The number of rotatable bonds is 1. The van der Waals surface area contributed by atoms with Crippen molar-refractivity contribution in [1.82, 2.24) is 0 Å². The summed E-state index contributed by atoms with van der Waals surface area (Å²) in [6, 6.07) is 6.64. The lowest BCUT2D eigenvalue weighted by Gasteiger charge is -2.39. The average Bonchev–Trinajstić information content (AvgIpc) is 2.39. The molecule has 0 aromatic heterocycles. The molecule has 0 saturated heterocycles. The Morgan fingerprint density at radius 1 is 1.17 bits per heavy atom. The summed E-state index contributed by atoms with van der Waals surface area (Å²) in [5.74, 6) is 0.654. The number of hydrogen-bond donors (Lipinski definition) is 2. The molecule has 2 heteroatoms. The first-order valence-corrected chi connectivity index (χ1v) is 7.29. The molecule has 2 unspecified atom stereocenters. The Balaban J connectivity index is 1.84. The fraction of sp³-hybridized carbons (Fsp3) is 0.625. The second kappa shape index (κ2) is 4.93. The van der Waals surface area contributed by atoms with Gasteiger partial charge in [-0.2, -0.15) is 0 Å². The van der Waals surface area contributed by atoms with Crippen LogP contribution in [0.4, 0.5) is 5.69 Å². The van der Waals surface area contributed by atoms with E-state index in [-0.39, 0.29) is 12.1 Å². The number of fused-ring (bicyclic) bond motifs is 1. The second-order valence-electron chi connectivity index (χ2n) is 5.95. The zero-order chi connectivity index (χ0) is 12.5. The number of para-hydroxylation sites is 1. The molecule has 18 heavy (non-hydrogen) atoms. The highest BCUT2D eigenvalue weighted by Gasteiger charge is 2.33. The minimum absolute atomic E-state index is 0.220. The van der Waals surface area contributed by atoms with Gasteiger partial charge in [-0.1, -0.05) is 37.5 Å². The van der Waals surface area contributed by atoms with Gasteiger partial charge in [0.15, 0.2) is 0 Å². The van der Waals surface area contributed by atoms with E-state index in [1.165, 1.54) is 48.9 Å². The zero-order valence-electron chi connectivity index (χ0n) is 11.2. The lowest BCUT2D eigenvalue weighted by atomic mass is 9.78. The van der Waals surface area contributed by atoms with Crippen molar-refractivity contribution >= 4 is 5.69 Å². The minimum Gasteiger partial charge on any atom is -0.391 e. The van der Waals surface area contributed by atoms with Crippen molar-refractivity contribution in [2.24, 2.45) is 5.92 Å². The predicted molar refractivity (Wildman–Crippen MR) is 74.9 cm³/mol. The maximum absolute atomic E-state index is 10.4. The van der Waals surface area contributed by atoms with Crippen LogP contribution in [0, 0.1) is 12.8 Å². The van der Waals surface area contributed by atoms with Crippen LogP contribution in [0.25, 0.3) is 0 Å². The van der Waals surface area contributed by atoms with Gasteiger partial charge in [0.2, 0.25) is 0 Å². The van der Waals surface area contributed by atoms with Gasteiger partial charge in [0.05, 0.1) is 12.1 Å². The van der Waals surface area contributed by atoms with Crippen molar-refractivity contribution in [3.63, 3.8) is 0 Å². The van der Waals surface area contributed by atoms with Crippen LogP contribution >= 0.6 is 0 Å². The first kappa shape index (κ1) is 12.0. The van der Waals surface area contributed by atoms with E-state index in [1.54, 1.807) is 0 Å². The Morgan fingerprint density at radius 2 is 1.94 bits per heavy atom. The van der Waals surface area contributed by atoms with Gasteiger partial charge in [0.1, 0.15) is 0 Å². The first-order valence-electron chi connectivity index (χ1n) is 7.29. The van der Waals surface area contributed by atoms with Crippen LogP contribution in [0.2, 0.25) is 0 Å². The molecule has 98 valence electrons. The summed E-state index contributed by atoms with van der Waals surface area (Å²) in [7, 11) is 0. The molecule has 2 N–H and O–H groups in total. The molecule has 2 nitrogen and oxygen atoms in total. The number of aliphatic hydroxyl groups excluding tert-OH is 1. The van der Waals surface area contributed by atoms with Gasteiger partial charge in [0.25, 0.3) is 0 Å². The van der Waals surface area contributed by atoms with Crippen molar-refractivity contribution in [3.8, 4) is 0 Å². The molecule has 3 rings (SSSR count). The third kappa shape index (κ3) is 2.14. The van der Waals surface area contributed by atoms with Crippen LogP contribution in [0.5, 0.6) is 0 Å². The maximum atomic E-state index is 10.4. The van der Waals surface area contributed by atoms with E-state index < -0.39 is 0 Å². The smallest absolute Gasteiger partial charge is 0.0784 e. The van der Waals surface area contributed by atoms with Gasteiger partial charge in [-0.15, -0.1) is 0 Å². The SMILES string of the molecule is Cc1cccc2c1NC(C1CCCCC1)C(O)C2. The third-order valence-electron chi connectivity index (χ3n) is 4.67. The molecule has 0 spiro atoms. The van der Waals surface area contributed by atoms with Crippen LogP contribution in [-0.2, 0) is 6.42 Å². The lowest BCUT2D eigenvalue weighted by molar-refractivity contribution is 0.109. The standard InChI is InChI=1S/C16H23NO/c1-11-6-5-9-13-10-14(18)16(17-15(11)13)12-7-3-2-4-8-12/h5-6,9,12,14,16-18H,2-4,7-8,10H2,1H3. The number of aryl methyl sites for hydroxylation is 1. The second-order valence-corrected chi connectivity index (χ2v) is 5.95. The molecule has 1 fully saturated rings. The highest BCUT2D eigenvalue weighted by molar-refractivity contribution is 5.60. The Morgan fingerprint density at radius 3 is 2.72 bits per heavy atom. The van der Waals surface area contributed by atoms with Gasteiger partial charge in [-0.25, -0.2) is 0 Å². The number of benzene rings is 1. The van der Waals surface area contributed by atoms with Crippen LogP contribution in [-0.4, -0.2) is 17.3 Å². The Kier molecular flexibility index (Phi) is 3.29. The zero-order valence-corrected chi connectivity index (χ0v) is 11.2. The summed E-state index contributed by atoms with van der Waals surface area (Å²) in [6.45, 7) is 2.15. The largest absolute Gasteiger partial charge is 0.391 e. The Hall–Kier alpha value is -1.02. The monoisotopic (exact) mass is 245 g/mol. The molecule has 0 amide bonds. The molecule has 2 aliphatic rings. The molecule has 1 aromatic rings. The normalized spacial score (nSPS) is 28.6. The van der Waals surface area contributed by atoms with Crippen molar-refractivity contribution in [2.75, 3.05) is 5.32 Å². The van der Waals surface area contributed by atoms with E-state index in [0.717, 1.165) is 6.42 Å². The van der Waals surface area contributed by atoms with E-state index in [0.29, 0.717) is 5.92 Å².